The molecule has 1 aliphatic rings. The first kappa shape index (κ1) is 33.2. The van der Waals surface area contributed by atoms with E-state index in [2.05, 4.69) is 39.5 Å². The average molecular weight is 603 g/mol. The van der Waals surface area contributed by atoms with Gasteiger partial charge in [-0.2, -0.15) is 13.2 Å². The van der Waals surface area contributed by atoms with E-state index in [1.165, 1.54) is 43.5 Å². The van der Waals surface area contributed by atoms with Crippen molar-refractivity contribution in [2.45, 2.75) is 70.4 Å². The Morgan fingerprint density at radius 1 is 1.09 bits per heavy atom. The lowest BCUT2D eigenvalue weighted by Gasteiger charge is -2.36. The molecule has 2 heterocycles. The van der Waals surface area contributed by atoms with E-state index >= 15 is 0 Å². The monoisotopic (exact) mass is 602 g/mol. The van der Waals surface area contributed by atoms with Gasteiger partial charge in [0.05, 0.1) is 5.69 Å². The van der Waals surface area contributed by atoms with E-state index in [-0.39, 0.29) is 30.9 Å². The maximum Gasteiger partial charge on any atom is 0.412 e. The molecular weight excluding hydrogens is 565 g/mol. The molecule has 3 rings (SSSR count). The van der Waals surface area contributed by atoms with Crippen molar-refractivity contribution >= 4 is 40.5 Å². The van der Waals surface area contributed by atoms with Gasteiger partial charge >= 0.3 is 6.18 Å². The Labute approximate surface area is 248 Å². The molecule has 0 radical (unpaired) electrons. The summed E-state index contributed by atoms with van der Waals surface area (Å²) < 4.78 is 42.5. The summed E-state index contributed by atoms with van der Waals surface area (Å²) in [7, 11) is 0. The van der Waals surface area contributed by atoms with E-state index in [0.717, 1.165) is 5.01 Å². The molecule has 1 saturated heterocycles. The van der Waals surface area contributed by atoms with E-state index in [1.54, 1.807) is 19.9 Å². The highest BCUT2D eigenvalue weighted by Gasteiger charge is 2.43. The molecule has 232 valence electrons. The standard InChI is InChI=1S/C30H37F3N6O4/c1-6-9-24(40)36-25(17(3)4)28(42)35-18(5)29(43)39-13-8-10-23(38-39)27(41)37-26(30(31,32)33)19-11-12-20-16-34-22(7-2)15-21(20)14-19/h6-7,11-12,14-18,23,25-26,38H,1-2,8-10,13H2,3-5H3,(H,35,42)(H,36,40)(H,37,41)/t18-,23-,25-,26-/m0/s1. The Kier molecular flexibility index (Phi) is 11.0. The van der Waals surface area contributed by atoms with Gasteiger partial charge in [-0.3, -0.25) is 29.2 Å². The van der Waals surface area contributed by atoms with Crippen molar-refractivity contribution in [3.8, 4) is 0 Å². The van der Waals surface area contributed by atoms with Crippen LogP contribution in [0, 0.1) is 5.92 Å². The van der Waals surface area contributed by atoms with Crippen LogP contribution in [0.4, 0.5) is 13.2 Å². The third-order valence-corrected chi connectivity index (χ3v) is 7.02. The van der Waals surface area contributed by atoms with Crippen LogP contribution in [-0.2, 0) is 19.2 Å². The van der Waals surface area contributed by atoms with E-state index in [4.69, 9.17) is 0 Å². The first-order chi connectivity index (χ1) is 20.2. The lowest BCUT2D eigenvalue weighted by Crippen LogP contribution is -2.62. The number of alkyl halides is 3. The van der Waals surface area contributed by atoms with Crippen molar-refractivity contribution in [1.29, 1.82) is 0 Å². The summed E-state index contributed by atoms with van der Waals surface area (Å²) in [5.41, 5.74) is 3.05. The number of carbonyl (C=O) groups excluding carboxylic acids is 4. The van der Waals surface area contributed by atoms with Gasteiger partial charge in [0, 0.05) is 24.5 Å². The van der Waals surface area contributed by atoms with E-state index in [9.17, 15) is 32.3 Å². The van der Waals surface area contributed by atoms with Gasteiger partial charge in [-0.1, -0.05) is 38.6 Å². The minimum Gasteiger partial charge on any atom is -0.344 e. The van der Waals surface area contributed by atoms with Crippen LogP contribution in [0.25, 0.3) is 16.8 Å². The predicted octanol–water partition coefficient (Wildman–Crippen LogP) is 3.31. The molecule has 1 fully saturated rings. The van der Waals surface area contributed by atoms with Gasteiger partial charge in [-0.25, -0.2) is 5.43 Å². The number of hydrogen-bond donors (Lipinski definition) is 4. The number of nitrogens with one attached hydrogen (secondary N) is 4. The molecule has 4 amide bonds. The number of aromatic nitrogens is 1. The molecule has 10 nitrogen and oxygen atoms in total. The highest BCUT2D eigenvalue weighted by Crippen LogP contribution is 2.34. The number of hydrogen-bond acceptors (Lipinski definition) is 6. The summed E-state index contributed by atoms with van der Waals surface area (Å²) in [5.74, 6) is -2.75. The Hall–Kier alpha value is -4.26. The minimum absolute atomic E-state index is 0.0237. The van der Waals surface area contributed by atoms with Crippen LogP contribution in [0.3, 0.4) is 0 Å². The molecule has 43 heavy (non-hydrogen) atoms. The molecule has 1 aliphatic heterocycles. The number of hydrazine groups is 1. The van der Waals surface area contributed by atoms with Crippen molar-refractivity contribution in [2.75, 3.05) is 6.54 Å². The van der Waals surface area contributed by atoms with Crippen LogP contribution >= 0.6 is 0 Å². The van der Waals surface area contributed by atoms with Gasteiger partial charge in [-0.05, 0) is 54.8 Å². The Morgan fingerprint density at radius 2 is 1.81 bits per heavy atom. The van der Waals surface area contributed by atoms with Crippen LogP contribution < -0.4 is 21.4 Å². The van der Waals surface area contributed by atoms with Crippen LogP contribution in [0.1, 0.15) is 57.3 Å². The van der Waals surface area contributed by atoms with Crippen molar-refractivity contribution in [3.63, 3.8) is 0 Å². The maximum absolute atomic E-state index is 14.2. The van der Waals surface area contributed by atoms with Crippen molar-refractivity contribution < 1.29 is 32.3 Å². The fraction of sp³-hybridized carbons (Fsp3) is 0.433. The first-order valence-corrected chi connectivity index (χ1v) is 13.9. The van der Waals surface area contributed by atoms with Crippen molar-refractivity contribution in [1.82, 2.24) is 31.4 Å². The largest absolute Gasteiger partial charge is 0.412 e. The maximum atomic E-state index is 14.2. The van der Waals surface area contributed by atoms with Gasteiger partial charge in [-0.15, -0.1) is 6.58 Å². The van der Waals surface area contributed by atoms with E-state index < -0.39 is 54.0 Å². The quantitative estimate of drug-likeness (QED) is 0.292. The van der Waals surface area contributed by atoms with Gasteiger partial charge in [0.1, 0.15) is 18.1 Å². The Balaban J connectivity index is 1.69. The number of halogens is 3. The number of fused-ring (bicyclic) bond motifs is 1. The van der Waals surface area contributed by atoms with Crippen LogP contribution in [0.2, 0.25) is 0 Å². The number of rotatable bonds is 11. The van der Waals surface area contributed by atoms with Crippen LogP contribution in [0.15, 0.2) is 49.7 Å². The average Bonchev–Trinajstić information content (AvgIpc) is 2.96. The lowest BCUT2D eigenvalue weighted by molar-refractivity contribution is -0.165. The second-order valence-electron chi connectivity index (χ2n) is 10.7. The molecule has 1 aromatic carbocycles. The molecule has 0 bridgehead atoms. The second kappa shape index (κ2) is 14.3. The Bertz CT molecular complexity index is 1380. The Morgan fingerprint density at radius 3 is 2.44 bits per heavy atom. The fourth-order valence-corrected chi connectivity index (χ4v) is 4.70. The number of benzene rings is 1. The third-order valence-electron chi connectivity index (χ3n) is 7.02. The SMILES string of the molecule is C=CCC(=O)N[C@H](C(=O)N[C@@H](C)C(=O)N1CCC[C@@H](C(=O)N[C@@H](c2ccc3cnc(C=C)cc3c2)C(F)(F)F)N1)C(C)C. The van der Waals surface area contributed by atoms with Gasteiger partial charge in [0.2, 0.25) is 17.7 Å². The number of carbonyl (C=O) groups is 4. The summed E-state index contributed by atoms with van der Waals surface area (Å²) >= 11 is 0. The molecule has 0 aliphatic carbocycles. The van der Waals surface area contributed by atoms with Crippen LogP contribution in [0.5, 0.6) is 0 Å². The summed E-state index contributed by atoms with van der Waals surface area (Å²) in [6, 6.07) is 0.379. The molecule has 4 N–H and O–H groups in total. The zero-order valence-electron chi connectivity index (χ0n) is 24.3. The zero-order valence-corrected chi connectivity index (χ0v) is 24.3. The van der Waals surface area contributed by atoms with Gasteiger partial charge in [0.15, 0.2) is 6.04 Å². The topological polar surface area (TPSA) is 133 Å². The molecule has 1 aromatic heterocycles. The van der Waals surface area contributed by atoms with Crippen molar-refractivity contribution in [3.05, 3.63) is 61.0 Å². The lowest BCUT2D eigenvalue weighted by atomic mass is 10.0. The molecule has 0 unspecified atom stereocenters. The molecule has 0 spiro atoms. The molecular formula is C30H37F3N6O4. The molecule has 13 heteroatoms. The minimum atomic E-state index is -4.80. The summed E-state index contributed by atoms with van der Waals surface area (Å²) in [6.45, 7) is 12.2. The van der Waals surface area contributed by atoms with E-state index in [0.29, 0.717) is 22.9 Å². The van der Waals surface area contributed by atoms with E-state index in [1.807, 2.05) is 0 Å². The highest BCUT2D eigenvalue weighted by molar-refractivity contribution is 5.92. The van der Waals surface area contributed by atoms with Gasteiger partial charge < -0.3 is 16.0 Å². The van der Waals surface area contributed by atoms with Crippen molar-refractivity contribution in [2.24, 2.45) is 5.92 Å². The van der Waals surface area contributed by atoms with Gasteiger partial charge in [0.25, 0.3) is 5.91 Å². The predicted molar refractivity (Wildman–Crippen MR) is 156 cm³/mol. The number of pyridine rings is 1. The summed E-state index contributed by atoms with van der Waals surface area (Å²) in [5, 5.41) is 9.54. The molecule has 2 aromatic rings. The second-order valence-corrected chi connectivity index (χ2v) is 10.7. The molecule has 0 saturated carbocycles. The highest BCUT2D eigenvalue weighted by atomic mass is 19.4. The third kappa shape index (κ3) is 8.63. The number of nitrogens with zero attached hydrogens (tertiary/aromatic N) is 2. The first-order valence-electron chi connectivity index (χ1n) is 13.9. The van der Waals surface area contributed by atoms with Crippen LogP contribution in [-0.4, -0.2) is 64.5 Å². The normalized spacial score (nSPS) is 17.5. The summed E-state index contributed by atoms with van der Waals surface area (Å²) in [6.07, 6.45) is 0.172. The smallest absolute Gasteiger partial charge is 0.344 e. The summed E-state index contributed by atoms with van der Waals surface area (Å²) in [4.78, 5) is 55.2. The fourth-order valence-electron chi connectivity index (χ4n) is 4.70. The molecule has 4 atom stereocenters. The number of amides is 4. The zero-order chi connectivity index (χ0) is 31.9.